The highest BCUT2D eigenvalue weighted by atomic mass is 127. The van der Waals surface area contributed by atoms with E-state index in [1.165, 1.54) is 18.3 Å². The Morgan fingerprint density at radius 2 is 1.78 bits per heavy atom. The van der Waals surface area contributed by atoms with Gasteiger partial charge in [0.1, 0.15) is 19.0 Å². The predicted molar refractivity (Wildman–Crippen MR) is 149 cm³/mol. The first-order valence-corrected chi connectivity index (χ1v) is 12.7. The van der Waals surface area contributed by atoms with Gasteiger partial charge in [0.15, 0.2) is 23.0 Å². The molecule has 3 aromatic rings. The van der Waals surface area contributed by atoms with Gasteiger partial charge in [-0.25, -0.2) is 9.82 Å². The number of hydrazone groups is 1. The summed E-state index contributed by atoms with van der Waals surface area (Å²) in [7, 11) is 0. The largest absolute Gasteiger partial charge is 0.490 e. The number of carbonyl (C=O) groups is 1. The van der Waals surface area contributed by atoms with E-state index in [2.05, 4.69) is 39.7 Å². The van der Waals surface area contributed by atoms with Crippen molar-refractivity contribution < 1.29 is 28.1 Å². The first-order chi connectivity index (χ1) is 17.9. The van der Waals surface area contributed by atoms with Crippen molar-refractivity contribution in [1.82, 2.24) is 5.43 Å². The Labute approximate surface area is 229 Å². The molecule has 7 nitrogen and oxygen atoms in total. The van der Waals surface area contributed by atoms with Gasteiger partial charge < -0.3 is 18.9 Å². The number of rotatable bonds is 13. The molecule has 0 saturated carbocycles. The van der Waals surface area contributed by atoms with Gasteiger partial charge in [-0.15, -0.1) is 0 Å². The van der Waals surface area contributed by atoms with Crippen LogP contribution in [0.15, 0.2) is 72.4 Å². The number of amides is 1. The second-order valence-corrected chi connectivity index (χ2v) is 8.74. The van der Waals surface area contributed by atoms with Crippen molar-refractivity contribution in [2.24, 2.45) is 5.10 Å². The van der Waals surface area contributed by atoms with Crippen molar-refractivity contribution >= 4 is 34.7 Å². The third-order valence-electron chi connectivity index (χ3n) is 4.85. The Kier molecular flexibility index (Phi) is 10.8. The molecule has 0 radical (unpaired) electrons. The van der Waals surface area contributed by atoms with Crippen LogP contribution in [0.5, 0.6) is 23.0 Å². The highest BCUT2D eigenvalue weighted by molar-refractivity contribution is 14.1. The molecule has 0 fully saturated rings. The second-order valence-electron chi connectivity index (χ2n) is 7.57. The molecular weight excluding hydrogens is 590 g/mol. The third-order valence-corrected chi connectivity index (χ3v) is 5.65. The normalized spacial score (nSPS) is 10.7. The molecule has 3 aromatic carbocycles. The van der Waals surface area contributed by atoms with Crippen LogP contribution >= 0.6 is 22.6 Å². The van der Waals surface area contributed by atoms with E-state index in [1.807, 2.05) is 19.9 Å². The van der Waals surface area contributed by atoms with Crippen molar-refractivity contribution in [3.63, 3.8) is 0 Å². The molecule has 0 bridgehead atoms. The summed E-state index contributed by atoms with van der Waals surface area (Å²) in [4.78, 5) is 12.6. The van der Waals surface area contributed by atoms with Gasteiger partial charge in [-0.1, -0.05) is 24.8 Å². The van der Waals surface area contributed by atoms with E-state index >= 15 is 0 Å². The number of carbonyl (C=O) groups excluding carboxylic acids is 1. The first kappa shape index (κ1) is 28.0. The third kappa shape index (κ3) is 8.21. The summed E-state index contributed by atoms with van der Waals surface area (Å²) in [6.07, 6.45) is 3.15. The SMILES string of the molecule is C=CCOc1ccc(C(=O)N/N=C/c2cc(I)c(OCc3cccc(F)c3)c(OCC)c2)cc1OCC. The number of nitrogens with one attached hydrogen (secondary N) is 1. The van der Waals surface area contributed by atoms with Gasteiger partial charge >= 0.3 is 0 Å². The van der Waals surface area contributed by atoms with Gasteiger partial charge in [-0.3, -0.25) is 4.79 Å². The lowest BCUT2D eigenvalue weighted by atomic mass is 10.2. The fourth-order valence-electron chi connectivity index (χ4n) is 3.26. The highest BCUT2D eigenvalue weighted by Gasteiger charge is 2.14. The molecule has 9 heteroatoms. The smallest absolute Gasteiger partial charge is 0.271 e. The maximum atomic E-state index is 13.5. The number of halogens is 2. The molecule has 0 atom stereocenters. The molecule has 37 heavy (non-hydrogen) atoms. The summed E-state index contributed by atoms with van der Waals surface area (Å²) in [6, 6.07) is 14.8. The van der Waals surface area contributed by atoms with E-state index in [4.69, 9.17) is 18.9 Å². The molecule has 0 aliphatic heterocycles. The zero-order valence-corrected chi connectivity index (χ0v) is 22.8. The maximum Gasteiger partial charge on any atom is 0.271 e. The molecule has 0 aromatic heterocycles. The first-order valence-electron chi connectivity index (χ1n) is 11.6. The molecule has 0 aliphatic carbocycles. The van der Waals surface area contributed by atoms with Crippen LogP contribution in [0, 0.1) is 9.39 Å². The summed E-state index contributed by atoms with van der Waals surface area (Å²) in [6.45, 7) is 8.73. The fourth-order valence-corrected chi connectivity index (χ4v) is 4.04. The Morgan fingerprint density at radius 1 is 1.00 bits per heavy atom. The molecule has 0 spiro atoms. The van der Waals surface area contributed by atoms with Crippen LogP contribution in [0.3, 0.4) is 0 Å². The molecule has 0 unspecified atom stereocenters. The summed E-state index contributed by atoms with van der Waals surface area (Å²) >= 11 is 2.14. The standard InChI is InChI=1S/C28H28FIN2O5/c1-4-12-36-24-11-10-21(16-25(24)34-5-2)28(33)32-31-17-20-14-23(30)27(26(15-20)35-6-3)37-18-19-8-7-9-22(29)13-19/h4,7-11,13-17H,1,5-6,12,18H2,2-3H3,(H,32,33)/b31-17+. The number of ether oxygens (including phenoxy) is 4. The minimum absolute atomic E-state index is 0.193. The average molecular weight is 618 g/mol. The molecule has 0 heterocycles. The number of benzene rings is 3. The molecule has 0 saturated heterocycles. The summed E-state index contributed by atoms with van der Waals surface area (Å²) in [5.74, 6) is 1.35. The predicted octanol–water partition coefficient (Wildman–Crippen LogP) is 6.14. The lowest BCUT2D eigenvalue weighted by Crippen LogP contribution is -2.17. The molecule has 3 rings (SSSR count). The highest BCUT2D eigenvalue weighted by Crippen LogP contribution is 2.34. The van der Waals surface area contributed by atoms with Gasteiger partial charge in [0, 0.05) is 5.56 Å². The van der Waals surface area contributed by atoms with Crippen LogP contribution in [0.25, 0.3) is 0 Å². The lowest BCUT2D eigenvalue weighted by Gasteiger charge is -2.15. The minimum atomic E-state index is -0.401. The van der Waals surface area contributed by atoms with Gasteiger partial charge in [0.05, 0.1) is 23.0 Å². The Morgan fingerprint density at radius 3 is 2.51 bits per heavy atom. The van der Waals surface area contributed by atoms with Crippen LogP contribution in [0.2, 0.25) is 0 Å². The zero-order chi connectivity index (χ0) is 26.6. The van der Waals surface area contributed by atoms with Crippen LogP contribution in [0.1, 0.15) is 35.3 Å². The lowest BCUT2D eigenvalue weighted by molar-refractivity contribution is 0.0954. The Hall–Kier alpha value is -3.60. The monoisotopic (exact) mass is 618 g/mol. The van der Waals surface area contributed by atoms with E-state index in [0.29, 0.717) is 59.5 Å². The van der Waals surface area contributed by atoms with E-state index < -0.39 is 5.91 Å². The fraction of sp³-hybridized carbons (Fsp3) is 0.214. The zero-order valence-electron chi connectivity index (χ0n) is 20.6. The average Bonchev–Trinajstić information content (AvgIpc) is 2.88. The van der Waals surface area contributed by atoms with E-state index in [0.717, 1.165) is 3.57 Å². The summed E-state index contributed by atoms with van der Waals surface area (Å²) < 4.78 is 37.1. The van der Waals surface area contributed by atoms with Gasteiger partial charge in [-0.05, 0) is 90.0 Å². The quantitative estimate of drug-likeness (QED) is 0.108. The molecule has 1 amide bonds. The van der Waals surface area contributed by atoms with Crippen molar-refractivity contribution in [1.29, 1.82) is 0 Å². The molecule has 1 N–H and O–H groups in total. The van der Waals surface area contributed by atoms with Gasteiger partial charge in [0.25, 0.3) is 5.91 Å². The van der Waals surface area contributed by atoms with Gasteiger partial charge in [-0.2, -0.15) is 5.10 Å². The number of nitrogens with zero attached hydrogens (tertiary/aromatic N) is 1. The second kappa shape index (κ2) is 14.2. The van der Waals surface area contributed by atoms with Crippen LogP contribution < -0.4 is 24.4 Å². The minimum Gasteiger partial charge on any atom is -0.490 e. The Balaban J connectivity index is 1.71. The Bertz CT molecular complexity index is 1270. The van der Waals surface area contributed by atoms with Crippen LogP contribution in [-0.2, 0) is 6.61 Å². The van der Waals surface area contributed by atoms with Crippen molar-refractivity contribution in [2.45, 2.75) is 20.5 Å². The van der Waals surface area contributed by atoms with Crippen molar-refractivity contribution in [2.75, 3.05) is 19.8 Å². The topological polar surface area (TPSA) is 78.4 Å². The van der Waals surface area contributed by atoms with E-state index in [-0.39, 0.29) is 12.4 Å². The maximum absolute atomic E-state index is 13.5. The summed E-state index contributed by atoms with van der Waals surface area (Å²) in [5, 5.41) is 4.09. The van der Waals surface area contributed by atoms with Crippen LogP contribution in [0.4, 0.5) is 4.39 Å². The number of hydrogen-bond acceptors (Lipinski definition) is 6. The number of hydrogen-bond donors (Lipinski definition) is 1. The van der Waals surface area contributed by atoms with Crippen molar-refractivity contribution in [3.8, 4) is 23.0 Å². The van der Waals surface area contributed by atoms with E-state index in [9.17, 15) is 9.18 Å². The molecule has 0 aliphatic rings. The van der Waals surface area contributed by atoms with Gasteiger partial charge in [0.2, 0.25) is 0 Å². The molecular formula is C28H28FIN2O5. The van der Waals surface area contributed by atoms with Crippen molar-refractivity contribution in [3.05, 3.63) is 93.3 Å². The van der Waals surface area contributed by atoms with E-state index in [1.54, 1.807) is 42.5 Å². The van der Waals surface area contributed by atoms with Crippen LogP contribution in [-0.4, -0.2) is 31.9 Å². The molecule has 194 valence electrons. The summed E-state index contributed by atoms with van der Waals surface area (Å²) in [5.41, 5.74) is 4.31.